The van der Waals surface area contributed by atoms with Crippen LogP contribution in [0.5, 0.6) is 0 Å². The number of alkyl halides is 3. The van der Waals surface area contributed by atoms with Crippen LogP contribution in [0.2, 0.25) is 0 Å². The zero-order valence-electron chi connectivity index (χ0n) is 9.09. The van der Waals surface area contributed by atoms with Crippen molar-refractivity contribution in [2.75, 3.05) is 6.61 Å². The fourth-order valence-electron chi connectivity index (χ4n) is 2.97. The highest BCUT2D eigenvalue weighted by Crippen LogP contribution is 2.44. The molecule has 1 heterocycles. The van der Waals surface area contributed by atoms with E-state index in [4.69, 9.17) is 4.74 Å². The summed E-state index contributed by atoms with van der Waals surface area (Å²) < 4.78 is 42.9. The zero-order valence-corrected chi connectivity index (χ0v) is 9.09. The normalized spacial score (nSPS) is 31.9. The third kappa shape index (κ3) is 2.35. The van der Waals surface area contributed by atoms with Crippen molar-refractivity contribution in [3.05, 3.63) is 0 Å². The fraction of sp³-hybridized carbons (Fsp3) is 1.00. The van der Waals surface area contributed by atoms with Crippen molar-refractivity contribution in [1.82, 2.24) is 0 Å². The molecule has 0 bridgehead atoms. The SMILES string of the molecule is O[C@H](C1CCOC2(CCCC2)C1)C(F)(F)F. The molecule has 1 unspecified atom stereocenters. The van der Waals surface area contributed by atoms with Gasteiger partial charge in [0.1, 0.15) is 0 Å². The molecule has 0 radical (unpaired) electrons. The van der Waals surface area contributed by atoms with Crippen molar-refractivity contribution < 1.29 is 23.0 Å². The predicted octanol–water partition coefficient (Wildman–Crippen LogP) is 2.65. The lowest BCUT2D eigenvalue weighted by Gasteiger charge is -2.40. The molecule has 1 saturated heterocycles. The van der Waals surface area contributed by atoms with Gasteiger partial charge in [-0.2, -0.15) is 13.2 Å². The van der Waals surface area contributed by atoms with E-state index < -0.39 is 18.2 Å². The van der Waals surface area contributed by atoms with Gasteiger partial charge in [0.05, 0.1) is 5.60 Å². The minimum absolute atomic E-state index is 0.308. The van der Waals surface area contributed by atoms with Crippen LogP contribution >= 0.6 is 0 Å². The maximum atomic E-state index is 12.4. The summed E-state index contributed by atoms with van der Waals surface area (Å²) in [6, 6.07) is 0. The summed E-state index contributed by atoms with van der Waals surface area (Å²) in [4.78, 5) is 0. The van der Waals surface area contributed by atoms with Crippen LogP contribution in [0, 0.1) is 5.92 Å². The van der Waals surface area contributed by atoms with E-state index >= 15 is 0 Å². The number of hydrogen-bond donors (Lipinski definition) is 1. The molecule has 2 fully saturated rings. The van der Waals surface area contributed by atoms with Gasteiger partial charge in [-0.05, 0) is 31.6 Å². The third-order valence-electron chi connectivity index (χ3n) is 3.83. The van der Waals surface area contributed by atoms with Crippen LogP contribution in [0.15, 0.2) is 0 Å². The Hall–Kier alpha value is -0.290. The molecule has 0 aromatic rings. The fourth-order valence-corrected chi connectivity index (χ4v) is 2.97. The molecule has 2 nitrogen and oxygen atoms in total. The van der Waals surface area contributed by atoms with Gasteiger partial charge in [-0.25, -0.2) is 0 Å². The zero-order chi connectivity index (χ0) is 11.8. The van der Waals surface area contributed by atoms with Crippen LogP contribution in [0.25, 0.3) is 0 Å². The number of rotatable bonds is 1. The van der Waals surface area contributed by atoms with E-state index in [9.17, 15) is 18.3 Å². The second kappa shape index (κ2) is 4.18. The first-order valence-corrected chi connectivity index (χ1v) is 5.82. The quantitative estimate of drug-likeness (QED) is 0.761. The molecule has 2 rings (SSSR count). The van der Waals surface area contributed by atoms with Gasteiger partial charge >= 0.3 is 6.18 Å². The van der Waals surface area contributed by atoms with E-state index in [0.29, 0.717) is 19.4 Å². The third-order valence-corrected chi connectivity index (χ3v) is 3.83. The molecule has 2 aliphatic rings. The van der Waals surface area contributed by atoms with Crippen molar-refractivity contribution in [2.45, 2.75) is 56.4 Å². The summed E-state index contributed by atoms with van der Waals surface area (Å²) in [6.07, 6.45) is -2.29. The van der Waals surface area contributed by atoms with Crippen molar-refractivity contribution in [3.63, 3.8) is 0 Å². The van der Waals surface area contributed by atoms with Gasteiger partial charge in [-0.1, -0.05) is 12.8 Å². The Kier molecular flexibility index (Phi) is 3.18. The van der Waals surface area contributed by atoms with Gasteiger partial charge in [0.2, 0.25) is 0 Å². The van der Waals surface area contributed by atoms with Crippen molar-refractivity contribution in [3.8, 4) is 0 Å². The maximum Gasteiger partial charge on any atom is 0.414 e. The van der Waals surface area contributed by atoms with Crippen LogP contribution in [-0.2, 0) is 4.74 Å². The molecule has 94 valence electrons. The highest BCUT2D eigenvalue weighted by molar-refractivity contribution is 4.93. The Labute approximate surface area is 92.8 Å². The highest BCUT2D eigenvalue weighted by atomic mass is 19.4. The lowest BCUT2D eigenvalue weighted by molar-refractivity contribution is -0.235. The molecule has 0 aromatic carbocycles. The first kappa shape index (κ1) is 12.2. The van der Waals surface area contributed by atoms with E-state index in [0.717, 1.165) is 25.7 Å². The lowest BCUT2D eigenvalue weighted by atomic mass is 9.81. The number of halogens is 3. The number of ether oxygens (including phenoxy) is 1. The van der Waals surface area contributed by atoms with Gasteiger partial charge < -0.3 is 9.84 Å². The lowest BCUT2D eigenvalue weighted by Crippen LogP contribution is -2.45. The first-order chi connectivity index (χ1) is 7.43. The Morgan fingerprint density at radius 2 is 1.88 bits per heavy atom. The average Bonchev–Trinajstić information content (AvgIpc) is 2.64. The van der Waals surface area contributed by atoms with Crippen LogP contribution in [0.1, 0.15) is 38.5 Å². The van der Waals surface area contributed by atoms with Crippen molar-refractivity contribution in [1.29, 1.82) is 0 Å². The van der Waals surface area contributed by atoms with Crippen molar-refractivity contribution >= 4 is 0 Å². The Morgan fingerprint density at radius 3 is 2.44 bits per heavy atom. The average molecular weight is 238 g/mol. The summed E-state index contributed by atoms with van der Waals surface area (Å²) in [5, 5.41) is 9.27. The second-order valence-electron chi connectivity index (χ2n) is 4.98. The Morgan fingerprint density at radius 1 is 1.25 bits per heavy atom. The molecule has 1 aliphatic heterocycles. The molecule has 1 spiro atoms. The van der Waals surface area contributed by atoms with Gasteiger partial charge in [0.25, 0.3) is 0 Å². The van der Waals surface area contributed by atoms with E-state index in [1.54, 1.807) is 0 Å². The molecule has 0 amide bonds. The van der Waals surface area contributed by atoms with Crippen LogP contribution in [0.4, 0.5) is 13.2 Å². The first-order valence-electron chi connectivity index (χ1n) is 5.82. The Balaban J connectivity index is 2.01. The maximum absolute atomic E-state index is 12.4. The topological polar surface area (TPSA) is 29.5 Å². The number of hydrogen-bond acceptors (Lipinski definition) is 2. The van der Waals surface area contributed by atoms with Gasteiger partial charge in [-0.3, -0.25) is 0 Å². The summed E-state index contributed by atoms with van der Waals surface area (Å²) in [5.74, 6) is -0.688. The van der Waals surface area contributed by atoms with Crippen LogP contribution in [-0.4, -0.2) is 29.6 Å². The molecule has 1 saturated carbocycles. The number of aliphatic hydroxyl groups is 1. The molecule has 5 heteroatoms. The smallest absolute Gasteiger partial charge is 0.383 e. The summed E-state index contributed by atoms with van der Waals surface area (Å²) >= 11 is 0. The largest absolute Gasteiger partial charge is 0.414 e. The van der Waals surface area contributed by atoms with E-state index in [2.05, 4.69) is 0 Å². The van der Waals surface area contributed by atoms with Gasteiger partial charge in [0, 0.05) is 6.61 Å². The minimum atomic E-state index is -4.50. The van der Waals surface area contributed by atoms with E-state index in [1.807, 2.05) is 0 Å². The van der Waals surface area contributed by atoms with Crippen molar-refractivity contribution in [2.24, 2.45) is 5.92 Å². The standard InChI is InChI=1S/C11H17F3O2/c12-11(13,14)9(15)8-3-6-16-10(7-8)4-1-2-5-10/h8-9,15H,1-7H2/t8?,9-/m1/s1. The second-order valence-corrected chi connectivity index (χ2v) is 4.98. The highest BCUT2D eigenvalue weighted by Gasteiger charge is 2.49. The van der Waals surface area contributed by atoms with Gasteiger partial charge in [-0.15, -0.1) is 0 Å². The number of aliphatic hydroxyl groups excluding tert-OH is 1. The molecular formula is C11H17F3O2. The van der Waals surface area contributed by atoms with E-state index in [1.165, 1.54) is 0 Å². The molecular weight excluding hydrogens is 221 g/mol. The molecule has 2 atom stereocenters. The minimum Gasteiger partial charge on any atom is -0.383 e. The summed E-state index contributed by atoms with van der Waals surface area (Å²) in [7, 11) is 0. The van der Waals surface area contributed by atoms with E-state index in [-0.39, 0.29) is 5.60 Å². The molecule has 0 aromatic heterocycles. The summed E-state index contributed by atoms with van der Waals surface area (Å²) in [6.45, 7) is 0.345. The summed E-state index contributed by atoms with van der Waals surface area (Å²) in [5.41, 5.74) is -0.366. The Bertz CT molecular complexity index is 246. The van der Waals surface area contributed by atoms with Crippen LogP contribution < -0.4 is 0 Å². The monoisotopic (exact) mass is 238 g/mol. The van der Waals surface area contributed by atoms with Crippen LogP contribution in [0.3, 0.4) is 0 Å². The van der Waals surface area contributed by atoms with Gasteiger partial charge in [0.15, 0.2) is 6.10 Å². The molecule has 1 aliphatic carbocycles. The molecule has 16 heavy (non-hydrogen) atoms. The molecule has 1 N–H and O–H groups in total. The predicted molar refractivity (Wildman–Crippen MR) is 51.9 cm³/mol.